The van der Waals surface area contributed by atoms with E-state index in [0.717, 1.165) is 38.9 Å². The van der Waals surface area contributed by atoms with Crippen LogP contribution in [-0.2, 0) is 4.79 Å². The lowest BCUT2D eigenvalue weighted by atomic mass is 9.92. The standard InChI is InChI=1S/C14H24N2O/c1-16(11-12-7-9-15-10-8-12)14(17)13-5-3-2-4-6-13/h2-3,12-13,15H,4-11H2,1H3. The number of rotatable bonds is 3. The molecule has 1 heterocycles. The Kier molecular flexibility index (Phi) is 4.60. The zero-order valence-corrected chi connectivity index (χ0v) is 10.8. The molecule has 0 aromatic rings. The Labute approximate surface area is 104 Å². The summed E-state index contributed by atoms with van der Waals surface area (Å²) in [5, 5.41) is 3.37. The molecule has 2 aliphatic rings. The molecule has 1 N–H and O–H groups in total. The fraction of sp³-hybridized carbons (Fsp3) is 0.786. The first kappa shape index (κ1) is 12.6. The van der Waals surface area contributed by atoms with Crippen molar-refractivity contribution >= 4 is 5.91 Å². The molecule has 3 heteroatoms. The van der Waals surface area contributed by atoms with Gasteiger partial charge in [0.25, 0.3) is 0 Å². The van der Waals surface area contributed by atoms with Crippen molar-refractivity contribution < 1.29 is 4.79 Å². The largest absolute Gasteiger partial charge is 0.345 e. The van der Waals surface area contributed by atoms with E-state index in [1.54, 1.807) is 0 Å². The van der Waals surface area contributed by atoms with Gasteiger partial charge >= 0.3 is 0 Å². The van der Waals surface area contributed by atoms with Crippen molar-refractivity contribution in [3.63, 3.8) is 0 Å². The summed E-state index contributed by atoms with van der Waals surface area (Å²) >= 11 is 0. The Morgan fingerprint density at radius 3 is 2.71 bits per heavy atom. The van der Waals surface area contributed by atoms with E-state index in [1.165, 1.54) is 12.8 Å². The lowest BCUT2D eigenvalue weighted by molar-refractivity contribution is -0.135. The average molecular weight is 236 g/mol. The molecule has 0 aromatic carbocycles. The van der Waals surface area contributed by atoms with E-state index in [9.17, 15) is 4.79 Å². The average Bonchev–Trinajstić information content (AvgIpc) is 2.40. The minimum absolute atomic E-state index is 0.242. The summed E-state index contributed by atoms with van der Waals surface area (Å²) in [5.74, 6) is 1.30. The highest BCUT2D eigenvalue weighted by Crippen LogP contribution is 2.21. The van der Waals surface area contributed by atoms with Gasteiger partial charge in [-0.05, 0) is 51.1 Å². The van der Waals surface area contributed by atoms with Crippen molar-refractivity contribution in [1.82, 2.24) is 10.2 Å². The highest BCUT2D eigenvalue weighted by molar-refractivity contribution is 5.78. The maximum Gasteiger partial charge on any atom is 0.225 e. The van der Waals surface area contributed by atoms with Gasteiger partial charge in [-0.25, -0.2) is 0 Å². The summed E-state index contributed by atoms with van der Waals surface area (Å²) in [7, 11) is 1.97. The molecular weight excluding hydrogens is 212 g/mol. The summed E-state index contributed by atoms with van der Waals surface area (Å²) in [5.41, 5.74) is 0. The topological polar surface area (TPSA) is 32.3 Å². The number of piperidine rings is 1. The zero-order chi connectivity index (χ0) is 12.1. The summed E-state index contributed by atoms with van der Waals surface area (Å²) in [4.78, 5) is 14.2. The molecule has 1 aliphatic carbocycles. The molecule has 1 aliphatic heterocycles. The van der Waals surface area contributed by atoms with Crippen molar-refractivity contribution in [3.8, 4) is 0 Å². The van der Waals surface area contributed by atoms with E-state index < -0.39 is 0 Å². The van der Waals surface area contributed by atoms with E-state index in [1.807, 2.05) is 11.9 Å². The van der Waals surface area contributed by atoms with Crippen LogP contribution in [0.15, 0.2) is 12.2 Å². The predicted molar refractivity (Wildman–Crippen MR) is 69.7 cm³/mol. The van der Waals surface area contributed by atoms with Crippen LogP contribution in [0.4, 0.5) is 0 Å². The van der Waals surface area contributed by atoms with Gasteiger partial charge in [0.1, 0.15) is 0 Å². The maximum absolute atomic E-state index is 12.2. The van der Waals surface area contributed by atoms with E-state index in [0.29, 0.717) is 11.8 Å². The molecule has 0 saturated carbocycles. The van der Waals surface area contributed by atoms with E-state index in [4.69, 9.17) is 0 Å². The van der Waals surface area contributed by atoms with Gasteiger partial charge in [0.05, 0.1) is 0 Å². The smallest absolute Gasteiger partial charge is 0.225 e. The highest BCUT2D eigenvalue weighted by Gasteiger charge is 2.24. The second-order valence-corrected chi connectivity index (χ2v) is 5.39. The fourth-order valence-corrected chi connectivity index (χ4v) is 2.87. The molecular formula is C14H24N2O. The van der Waals surface area contributed by atoms with Crippen molar-refractivity contribution in [2.24, 2.45) is 11.8 Å². The van der Waals surface area contributed by atoms with Gasteiger partial charge in [0.15, 0.2) is 0 Å². The Morgan fingerprint density at radius 2 is 2.06 bits per heavy atom. The summed E-state index contributed by atoms with van der Waals surface area (Å²) in [6, 6.07) is 0. The number of nitrogens with one attached hydrogen (secondary N) is 1. The lowest BCUT2D eigenvalue weighted by Gasteiger charge is -2.30. The minimum atomic E-state index is 0.242. The van der Waals surface area contributed by atoms with Crippen LogP contribution in [0.25, 0.3) is 0 Å². The van der Waals surface area contributed by atoms with Gasteiger partial charge in [-0.2, -0.15) is 0 Å². The SMILES string of the molecule is CN(CC1CCNCC1)C(=O)C1CC=CCC1. The molecule has 0 bridgehead atoms. The van der Waals surface area contributed by atoms with Crippen molar-refractivity contribution in [2.45, 2.75) is 32.1 Å². The highest BCUT2D eigenvalue weighted by atomic mass is 16.2. The molecule has 96 valence electrons. The third-order valence-electron chi connectivity index (χ3n) is 3.99. The van der Waals surface area contributed by atoms with Crippen LogP contribution in [0.1, 0.15) is 32.1 Å². The Balaban J connectivity index is 1.79. The van der Waals surface area contributed by atoms with Gasteiger partial charge in [-0.15, -0.1) is 0 Å². The van der Waals surface area contributed by atoms with Crippen molar-refractivity contribution in [3.05, 3.63) is 12.2 Å². The van der Waals surface area contributed by atoms with Crippen LogP contribution in [-0.4, -0.2) is 37.5 Å². The number of hydrogen-bond donors (Lipinski definition) is 1. The van der Waals surface area contributed by atoms with Gasteiger partial charge in [-0.1, -0.05) is 12.2 Å². The van der Waals surface area contributed by atoms with Crippen LogP contribution >= 0.6 is 0 Å². The molecule has 17 heavy (non-hydrogen) atoms. The van der Waals surface area contributed by atoms with Crippen LogP contribution in [0, 0.1) is 11.8 Å². The van der Waals surface area contributed by atoms with Gasteiger partial charge < -0.3 is 10.2 Å². The number of carbonyl (C=O) groups excluding carboxylic acids is 1. The molecule has 2 rings (SSSR count). The van der Waals surface area contributed by atoms with Crippen LogP contribution in [0.2, 0.25) is 0 Å². The van der Waals surface area contributed by atoms with Crippen LogP contribution < -0.4 is 5.32 Å². The van der Waals surface area contributed by atoms with Gasteiger partial charge in [0, 0.05) is 19.5 Å². The zero-order valence-electron chi connectivity index (χ0n) is 10.8. The number of carbonyl (C=O) groups is 1. The molecule has 1 atom stereocenters. The first-order valence-corrected chi connectivity index (χ1v) is 6.88. The monoisotopic (exact) mass is 236 g/mol. The van der Waals surface area contributed by atoms with Gasteiger partial charge in [-0.3, -0.25) is 4.79 Å². The molecule has 1 fully saturated rings. The number of nitrogens with zero attached hydrogens (tertiary/aromatic N) is 1. The van der Waals surface area contributed by atoms with E-state index in [-0.39, 0.29) is 5.92 Å². The molecule has 0 spiro atoms. The fourth-order valence-electron chi connectivity index (χ4n) is 2.87. The maximum atomic E-state index is 12.2. The number of hydrogen-bond acceptors (Lipinski definition) is 2. The summed E-state index contributed by atoms with van der Waals surface area (Å²) in [6.45, 7) is 3.17. The first-order chi connectivity index (χ1) is 8.27. The second kappa shape index (κ2) is 6.20. The van der Waals surface area contributed by atoms with E-state index >= 15 is 0 Å². The quantitative estimate of drug-likeness (QED) is 0.758. The minimum Gasteiger partial charge on any atom is -0.345 e. The van der Waals surface area contributed by atoms with Gasteiger partial charge in [0.2, 0.25) is 5.91 Å². The third-order valence-corrected chi connectivity index (χ3v) is 3.99. The molecule has 3 nitrogen and oxygen atoms in total. The van der Waals surface area contributed by atoms with Crippen LogP contribution in [0.3, 0.4) is 0 Å². The second-order valence-electron chi connectivity index (χ2n) is 5.39. The van der Waals surface area contributed by atoms with Crippen LogP contribution in [0.5, 0.6) is 0 Å². The molecule has 0 aromatic heterocycles. The predicted octanol–water partition coefficient (Wildman–Crippen LogP) is 1.80. The van der Waals surface area contributed by atoms with Crippen molar-refractivity contribution in [2.75, 3.05) is 26.7 Å². The molecule has 1 amide bonds. The Bertz CT molecular complexity index is 282. The first-order valence-electron chi connectivity index (χ1n) is 6.88. The molecule has 1 unspecified atom stereocenters. The number of allylic oxidation sites excluding steroid dienone is 2. The normalized spacial score (nSPS) is 25.8. The third kappa shape index (κ3) is 3.56. The number of amides is 1. The molecule has 1 saturated heterocycles. The van der Waals surface area contributed by atoms with Crippen molar-refractivity contribution in [1.29, 1.82) is 0 Å². The summed E-state index contributed by atoms with van der Waals surface area (Å²) in [6.07, 6.45) is 9.81. The lowest BCUT2D eigenvalue weighted by Crippen LogP contribution is -2.39. The molecule has 0 radical (unpaired) electrons. The van der Waals surface area contributed by atoms with E-state index in [2.05, 4.69) is 17.5 Å². The Morgan fingerprint density at radius 1 is 1.29 bits per heavy atom. The Hall–Kier alpha value is -0.830. The summed E-state index contributed by atoms with van der Waals surface area (Å²) < 4.78 is 0.